The Hall–Kier alpha value is -1.88. The zero-order valence-corrected chi connectivity index (χ0v) is 12.7. The van der Waals surface area contributed by atoms with Gasteiger partial charge in [0.1, 0.15) is 17.2 Å². The standard InChI is InChI=1S/C15H16ClFN4/c1-3-20-15-14(10(2)19-20)18-13(8-9-16)21(15)12-7-5-4-6-11(12)17/h4-7H,3,8-9H2,1-2H3. The van der Waals surface area contributed by atoms with Gasteiger partial charge in [0.15, 0.2) is 5.65 Å². The molecule has 0 aliphatic rings. The molecule has 0 atom stereocenters. The van der Waals surface area contributed by atoms with E-state index >= 15 is 0 Å². The van der Waals surface area contributed by atoms with E-state index in [2.05, 4.69) is 10.1 Å². The van der Waals surface area contributed by atoms with Crippen molar-refractivity contribution < 1.29 is 4.39 Å². The Morgan fingerprint density at radius 1 is 1.29 bits per heavy atom. The van der Waals surface area contributed by atoms with Crippen LogP contribution in [0.4, 0.5) is 4.39 Å². The first-order chi connectivity index (χ1) is 10.2. The largest absolute Gasteiger partial charge is 0.278 e. The molecule has 0 unspecified atom stereocenters. The molecule has 1 aromatic carbocycles. The molecule has 0 amide bonds. The number of aryl methyl sites for hydroxylation is 3. The fourth-order valence-electron chi connectivity index (χ4n) is 2.57. The van der Waals surface area contributed by atoms with Crippen molar-refractivity contribution in [1.29, 1.82) is 0 Å². The first-order valence-corrected chi connectivity index (χ1v) is 7.46. The Labute approximate surface area is 127 Å². The minimum atomic E-state index is -0.283. The summed E-state index contributed by atoms with van der Waals surface area (Å²) in [5, 5.41) is 4.46. The van der Waals surface area contributed by atoms with Crippen LogP contribution in [0, 0.1) is 12.7 Å². The molecule has 0 aliphatic carbocycles. The monoisotopic (exact) mass is 306 g/mol. The Morgan fingerprint density at radius 2 is 2.05 bits per heavy atom. The molecule has 110 valence electrons. The quantitative estimate of drug-likeness (QED) is 0.692. The van der Waals surface area contributed by atoms with Gasteiger partial charge in [-0.3, -0.25) is 4.57 Å². The molecular weight excluding hydrogens is 291 g/mol. The van der Waals surface area contributed by atoms with Crippen LogP contribution in [0.15, 0.2) is 24.3 Å². The molecule has 0 saturated heterocycles. The molecule has 21 heavy (non-hydrogen) atoms. The van der Waals surface area contributed by atoms with Gasteiger partial charge in [0.25, 0.3) is 0 Å². The number of hydrogen-bond acceptors (Lipinski definition) is 2. The molecule has 0 aliphatic heterocycles. The van der Waals surface area contributed by atoms with Crippen LogP contribution in [-0.2, 0) is 13.0 Å². The summed E-state index contributed by atoms with van der Waals surface area (Å²) in [6, 6.07) is 6.69. The molecular formula is C15H16ClFN4. The molecule has 3 aromatic rings. The number of aromatic nitrogens is 4. The van der Waals surface area contributed by atoms with Gasteiger partial charge in [-0.25, -0.2) is 14.1 Å². The normalized spacial score (nSPS) is 11.4. The lowest BCUT2D eigenvalue weighted by Gasteiger charge is -2.10. The molecule has 2 aromatic heterocycles. The molecule has 0 fully saturated rings. The Morgan fingerprint density at radius 3 is 2.71 bits per heavy atom. The van der Waals surface area contributed by atoms with Crippen molar-refractivity contribution in [2.75, 3.05) is 5.88 Å². The Kier molecular flexibility index (Phi) is 3.68. The number of fused-ring (bicyclic) bond motifs is 1. The lowest BCUT2D eigenvalue weighted by atomic mass is 10.3. The van der Waals surface area contributed by atoms with E-state index in [1.165, 1.54) is 6.07 Å². The van der Waals surface area contributed by atoms with Gasteiger partial charge in [-0.15, -0.1) is 11.6 Å². The van der Waals surface area contributed by atoms with Crippen molar-refractivity contribution in [3.05, 3.63) is 41.6 Å². The molecule has 0 radical (unpaired) electrons. The van der Waals surface area contributed by atoms with E-state index in [1.54, 1.807) is 12.1 Å². The van der Waals surface area contributed by atoms with Crippen molar-refractivity contribution in [3.63, 3.8) is 0 Å². The topological polar surface area (TPSA) is 35.6 Å². The van der Waals surface area contributed by atoms with Gasteiger partial charge in [0.2, 0.25) is 0 Å². The summed E-state index contributed by atoms with van der Waals surface area (Å²) in [4.78, 5) is 4.62. The third kappa shape index (κ3) is 2.21. The van der Waals surface area contributed by atoms with Crippen molar-refractivity contribution in [3.8, 4) is 5.69 Å². The third-order valence-electron chi connectivity index (χ3n) is 3.49. The summed E-state index contributed by atoms with van der Waals surface area (Å²) in [5.74, 6) is 0.911. The number of hydrogen-bond donors (Lipinski definition) is 0. The van der Waals surface area contributed by atoms with E-state index in [4.69, 9.17) is 11.6 Å². The van der Waals surface area contributed by atoms with Gasteiger partial charge in [-0.05, 0) is 26.0 Å². The minimum absolute atomic E-state index is 0.283. The van der Waals surface area contributed by atoms with E-state index in [0.717, 1.165) is 22.7 Å². The van der Waals surface area contributed by atoms with Gasteiger partial charge in [0.05, 0.1) is 11.4 Å². The lowest BCUT2D eigenvalue weighted by molar-refractivity contribution is 0.610. The Bertz CT molecular complexity index is 790. The number of halogens is 2. The number of rotatable bonds is 4. The highest BCUT2D eigenvalue weighted by Gasteiger charge is 2.20. The predicted octanol–water partition coefficient (Wildman–Crippen LogP) is 3.47. The van der Waals surface area contributed by atoms with Crippen LogP contribution in [0.1, 0.15) is 18.4 Å². The summed E-state index contributed by atoms with van der Waals surface area (Å²) in [7, 11) is 0. The second-order valence-corrected chi connectivity index (χ2v) is 5.21. The van der Waals surface area contributed by atoms with Crippen LogP contribution >= 0.6 is 11.6 Å². The summed E-state index contributed by atoms with van der Waals surface area (Å²) in [5.41, 5.74) is 2.95. The van der Waals surface area contributed by atoms with E-state index < -0.39 is 0 Å². The summed E-state index contributed by atoms with van der Waals surface area (Å²) < 4.78 is 17.9. The number of para-hydroxylation sites is 1. The van der Waals surface area contributed by atoms with Crippen molar-refractivity contribution >= 4 is 22.8 Å². The van der Waals surface area contributed by atoms with E-state index in [0.29, 0.717) is 24.5 Å². The maximum atomic E-state index is 14.2. The van der Waals surface area contributed by atoms with Crippen molar-refractivity contribution in [2.24, 2.45) is 0 Å². The molecule has 2 heterocycles. The molecule has 0 bridgehead atoms. The molecule has 3 rings (SSSR count). The average Bonchev–Trinajstić information content (AvgIpc) is 2.98. The van der Waals surface area contributed by atoms with Crippen LogP contribution in [0.3, 0.4) is 0 Å². The first-order valence-electron chi connectivity index (χ1n) is 6.93. The summed E-state index contributed by atoms with van der Waals surface area (Å²) >= 11 is 5.87. The van der Waals surface area contributed by atoms with Gasteiger partial charge < -0.3 is 0 Å². The van der Waals surface area contributed by atoms with Gasteiger partial charge in [0, 0.05) is 18.8 Å². The highest BCUT2D eigenvalue weighted by molar-refractivity contribution is 6.17. The maximum Gasteiger partial charge on any atom is 0.163 e. The third-order valence-corrected chi connectivity index (χ3v) is 3.68. The second kappa shape index (κ2) is 5.48. The molecule has 0 N–H and O–H groups in total. The zero-order valence-electron chi connectivity index (χ0n) is 12.0. The molecule has 6 heteroatoms. The Balaban J connectivity index is 2.37. The summed E-state index contributed by atoms with van der Waals surface area (Å²) in [6.07, 6.45) is 0.577. The van der Waals surface area contributed by atoms with Gasteiger partial charge >= 0.3 is 0 Å². The van der Waals surface area contributed by atoms with Crippen molar-refractivity contribution in [1.82, 2.24) is 19.3 Å². The zero-order chi connectivity index (χ0) is 15.0. The fraction of sp³-hybridized carbons (Fsp3) is 0.333. The van der Waals surface area contributed by atoms with Gasteiger partial charge in [-0.2, -0.15) is 5.10 Å². The summed E-state index contributed by atoms with van der Waals surface area (Å²) in [6.45, 7) is 4.62. The number of imidazole rings is 1. The molecule has 4 nitrogen and oxygen atoms in total. The van der Waals surface area contributed by atoms with Crippen LogP contribution < -0.4 is 0 Å². The number of nitrogens with zero attached hydrogens (tertiary/aromatic N) is 4. The van der Waals surface area contributed by atoms with Crippen LogP contribution in [-0.4, -0.2) is 25.2 Å². The smallest absolute Gasteiger partial charge is 0.163 e. The van der Waals surface area contributed by atoms with Crippen LogP contribution in [0.25, 0.3) is 16.9 Å². The van der Waals surface area contributed by atoms with E-state index in [1.807, 2.05) is 29.2 Å². The number of alkyl halides is 1. The molecule has 0 saturated carbocycles. The lowest BCUT2D eigenvalue weighted by Crippen LogP contribution is -2.09. The number of benzene rings is 1. The first kappa shape index (κ1) is 14.1. The second-order valence-electron chi connectivity index (χ2n) is 4.83. The maximum absolute atomic E-state index is 14.2. The highest BCUT2D eigenvalue weighted by Crippen LogP contribution is 2.26. The fourth-order valence-corrected chi connectivity index (χ4v) is 2.74. The SMILES string of the molecule is CCn1nc(C)c2nc(CCCl)n(-c3ccccc3F)c21. The van der Waals surface area contributed by atoms with Gasteiger partial charge in [-0.1, -0.05) is 12.1 Å². The van der Waals surface area contributed by atoms with Crippen LogP contribution in [0.5, 0.6) is 0 Å². The molecule has 0 spiro atoms. The van der Waals surface area contributed by atoms with Crippen LogP contribution in [0.2, 0.25) is 0 Å². The predicted molar refractivity (Wildman–Crippen MR) is 81.6 cm³/mol. The average molecular weight is 307 g/mol. The van der Waals surface area contributed by atoms with Crippen molar-refractivity contribution in [2.45, 2.75) is 26.8 Å². The van der Waals surface area contributed by atoms with E-state index in [9.17, 15) is 4.39 Å². The minimum Gasteiger partial charge on any atom is -0.278 e. The van der Waals surface area contributed by atoms with E-state index in [-0.39, 0.29) is 5.82 Å². The highest BCUT2D eigenvalue weighted by atomic mass is 35.5.